The molecule has 94 valence electrons. The Bertz CT molecular complexity index is 574. The van der Waals surface area contributed by atoms with E-state index in [1.165, 1.54) is 0 Å². The molecule has 0 spiro atoms. The van der Waals surface area contributed by atoms with E-state index in [0.717, 1.165) is 19.4 Å². The van der Waals surface area contributed by atoms with Crippen molar-refractivity contribution >= 4 is 59.4 Å². The molecule has 18 heavy (non-hydrogen) atoms. The van der Waals surface area contributed by atoms with Crippen molar-refractivity contribution < 1.29 is 32.0 Å². The van der Waals surface area contributed by atoms with Crippen molar-refractivity contribution in [1.29, 1.82) is 0 Å². The molecule has 0 bridgehead atoms. The van der Waals surface area contributed by atoms with Crippen LogP contribution >= 0.6 is 0 Å². The third-order valence-corrected chi connectivity index (χ3v) is 4.11. The molecule has 0 aromatic carbocycles. The van der Waals surface area contributed by atoms with Gasteiger partial charge in [0.25, 0.3) is 10.1 Å². The second-order valence-corrected chi connectivity index (χ2v) is 5.65. The number of hydrogen-bond acceptors (Lipinski definition) is 6. The van der Waals surface area contributed by atoms with Crippen LogP contribution in [0.4, 0.5) is 0 Å². The van der Waals surface area contributed by atoms with Gasteiger partial charge >= 0.3 is 0 Å². The molecule has 1 aliphatic carbocycles. The minimum atomic E-state index is -4.72. The van der Waals surface area contributed by atoms with Crippen LogP contribution in [0, 0.1) is 0 Å². The zero-order valence-corrected chi connectivity index (χ0v) is 12.4. The summed E-state index contributed by atoms with van der Waals surface area (Å²) in [6.07, 6.45) is 1.38. The van der Waals surface area contributed by atoms with E-state index in [0.29, 0.717) is 0 Å². The molecule has 2 aliphatic rings. The van der Waals surface area contributed by atoms with Gasteiger partial charge in [0.1, 0.15) is 12.5 Å². The zero-order valence-electron chi connectivity index (χ0n) is 9.37. The second-order valence-electron chi connectivity index (χ2n) is 3.80. The van der Waals surface area contributed by atoms with Crippen LogP contribution < -0.4 is 0 Å². The van der Waals surface area contributed by atoms with Crippen molar-refractivity contribution in [1.82, 2.24) is 0 Å². The van der Waals surface area contributed by atoms with Crippen molar-refractivity contribution in [3.63, 3.8) is 0 Å². The fraction of sp³-hybridized carbons (Fsp3) is 0.333. The van der Waals surface area contributed by atoms with Gasteiger partial charge in [-0.3, -0.25) is 14.1 Å². The van der Waals surface area contributed by atoms with Gasteiger partial charge in [0.05, 0.1) is 0 Å². The quantitative estimate of drug-likeness (QED) is 0.515. The van der Waals surface area contributed by atoms with E-state index >= 15 is 0 Å². The van der Waals surface area contributed by atoms with Crippen LogP contribution in [0.2, 0.25) is 0 Å². The van der Waals surface area contributed by atoms with Gasteiger partial charge in [0, 0.05) is 44.2 Å². The molecule has 1 N–H and O–H groups in total. The van der Waals surface area contributed by atoms with E-state index in [1.54, 1.807) is 0 Å². The van der Waals surface area contributed by atoms with E-state index < -0.39 is 38.6 Å². The van der Waals surface area contributed by atoms with E-state index in [-0.39, 0.29) is 43.5 Å². The summed E-state index contributed by atoms with van der Waals surface area (Å²) in [6, 6.07) is 0. The molecule has 1 aliphatic heterocycles. The predicted molar refractivity (Wildman–Crippen MR) is 58.7 cm³/mol. The molecule has 2 radical (unpaired) electrons. The molecule has 0 saturated heterocycles. The molecule has 0 aromatic rings. The number of hydrogen-bond donors (Lipinski definition) is 1. The van der Waals surface area contributed by atoms with Crippen LogP contribution in [0.15, 0.2) is 24.0 Å². The van der Waals surface area contributed by atoms with Gasteiger partial charge in [0.2, 0.25) is 23.1 Å². The number of carbonyl (C=O) groups excluding carboxylic acids is 2. The van der Waals surface area contributed by atoms with Gasteiger partial charge in [0.15, 0.2) is 4.75 Å². The Morgan fingerprint density at radius 1 is 1.22 bits per heavy atom. The van der Waals surface area contributed by atoms with Crippen molar-refractivity contribution in [2.45, 2.75) is 18.1 Å². The first-order valence-corrected chi connectivity index (χ1v) is 5.99. The summed E-state index contributed by atoms with van der Waals surface area (Å²) in [6.45, 7) is 0.966. The van der Waals surface area contributed by atoms with Gasteiger partial charge < -0.3 is 9.47 Å². The first-order chi connectivity index (χ1) is 7.77. The summed E-state index contributed by atoms with van der Waals surface area (Å²) in [4.78, 5) is 23.5. The Kier molecular flexibility index (Phi) is 4.29. The van der Waals surface area contributed by atoms with Gasteiger partial charge in [-0.2, -0.15) is 8.42 Å². The number of allylic oxidation sites excluding steroid dienone is 2. The van der Waals surface area contributed by atoms with E-state index in [9.17, 15) is 18.0 Å². The molecule has 0 aromatic heterocycles. The standard InChI is InChI=1S/C9H8O7S.Ca/c1-9(17(12,13)14)4-5(10)6-7(8(9)11)16-3-2-15-6;/h2-3H,4H2,1H3,(H,12,13,14);. The normalized spacial score (nSPS) is 27.0. The molecule has 0 saturated carbocycles. The Morgan fingerprint density at radius 3 is 2.22 bits per heavy atom. The Hall–Kier alpha value is -0.410. The molecule has 0 fully saturated rings. The average molecular weight is 300 g/mol. The maximum Gasteiger partial charge on any atom is 0.278 e. The van der Waals surface area contributed by atoms with E-state index in [2.05, 4.69) is 0 Å². The summed E-state index contributed by atoms with van der Waals surface area (Å²) in [7, 11) is -4.72. The van der Waals surface area contributed by atoms with Gasteiger partial charge in [-0.15, -0.1) is 0 Å². The molecule has 7 nitrogen and oxygen atoms in total. The third kappa shape index (κ3) is 2.23. The van der Waals surface area contributed by atoms with Crippen LogP contribution in [-0.2, 0) is 29.2 Å². The first kappa shape index (κ1) is 15.6. The number of rotatable bonds is 1. The van der Waals surface area contributed by atoms with Crippen LogP contribution in [0.1, 0.15) is 13.3 Å². The summed E-state index contributed by atoms with van der Waals surface area (Å²) >= 11 is 0. The summed E-state index contributed by atoms with van der Waals surface area (Å²) in [5.41, 5.74) is 0. The topological polar surface area (TPSA) is 107 Å². The van der Waals surface area contributed by atoms with Crippen LogP contribution in [0.3, 0.4) is 0 Å². The molecular weight excluding hydrogens is 292 g/mol. The molecule has 1 atom stereocenters. The summed E-state index contributed by atoms with van der Waals surface area (Å²) in [5, 5.41) is 0. The van der Waals surface area contributed by atoms with E-state index in [4.69, 9.17) is 14.0 Å². The molecule has 1 heterocycles. The maximum atomic E-state index is 11.9. The Morgan fingerprint density at radius 2 is 1.72 bits per heavy atom. The fourth-order valence-corrected chi connectivity index (χ4v) is 2.20. The van der Waals surface area contributed by atoms with Crippen molar-refractivity contribution in [2.75, 3.05) is 0 Å². The van der Waals surface area contributed by atoms with Crippen LogP contribution in [-0.4, -0.2) is 67.0 Å². The summed E-state index contributed by atoms with van der Waals surface area (Å²) in [5.74, 6) is -2.55. The zero-order chi connectivity index (χ0) is 12.8. The van der Waals surface area contributed by atoms with Crippen molar-refractivity contribution in [3.05, 3.63) is 24.0 Å². The van der Waals surface area contributed by atoms with Gasteiger partial charge in [-0.25, -0.2) is 0 Å². The van der Waals surface area contributed by atoms with E-state index in [1.807, 2.05) is 0 Å². The fourth-order valence-electron chi connectivity index (χ4n) is 1.56. The van der Waals surface area contributed by atoms with Gasteiger partial charge in [-0.05, 0) is 6.92 Å². The van der Waals surface area contributed by atoms with Crippen LogP contribution in [0.5, 0.6) is 0 Å². The Labute approximate surface area is 133 Å². The Balaban J connectivity index is 0.00000162. The molecule has 9 heteroatoms. The molecule has 1 unspecified atom stereocenters. The maximum absolute atomic E-state index is 11.9. The number of ether oxygens (including phenoxy) is 2. The second kappa shape index (κ2) is 4.93. The predicted octanol–water partition coefficient (Wildman–Crippen LogP) is -0.476. The molecular formula is C9H8CaO7S. The number of ketones is 2. The molecule has 0 amide bonds. The SMILES string of the molecule is CC1(S(=O)(=O)O)CC(=O)C2=C(OC=CO2)C1=O.[Ca]. The largest absolute Gasteiger partial charge is 0.454 e. The smallest absolute Gasteiger partial charge is 0.278 e. The minimum Gasteiger partial charge on any atom is -0.454 e. The monoisotopic (exact) mass is 300 g/mol. The first-order valence-electron chi connectivity index (χ1n) is 4.55. The summed E-state index contributed by atoms with van der Waals surface area (Å²) < 4.78 is 38.8. The van der Waals surface area contributed by atoms with Gasteiger partial charge in [-0.1, -0.05) is 0 Å². The minimum absolute atomic E-state index is 0. The van der Waals surface area contributed by atoms with Crippen molar-refractivity contribution in [3.8, 4) is 0 Å². The van der Waals surface area contributed by atoms with Crippen LogP contribution in [0.25, 0.3) is 0 Å². The third-order valence-electron chi connectivity index (χ3n) is 2.64. The van der Waals surface area contributed by atoms with Crippen molar-refractivity contribution in [2.24, 2.45) is 0 Å². The average Bonchev–Trinajstić information content (AvgIpc) is 2.25. The number of Topliss-reactive ketones (excluding diaryl/α,β-unsaturated/α-hetero) is 2. The number of carbonyl (C=O) groups is 2. The molecule has 2 rings (SSSR count).